The van der Waals surface area contributed by atoms with Crippen molar-refractivity contribution in [1.82, 2.24) is 15.6 Å². The second-order valence-corrected chi connectivity index (χ2v) is 6.79. The van der Waals surface area contributed by atoms with E-state index >= 15 is 0 Å². The number of para-hydroxylation sites is 2. The lowest BCUT2D eigenvalue weighted by Crippen LogP contribution is -2.44. The molecule has 0 spiro atoms. The largest absolute Gasteiger partial charge is 0.481 e. The lowest BCUT2D eigenvalue weighted by atomic mass is 10.2. The summed E-state index contributed by atoms with van der Waals surface area (Å²) in [6.07, 6.45) is 2.53. The molecular weight excluding hydrogens is 392 g/mol. The summed E-state index contributed by atoms with van der Waals surface area (Å²) in [4.78, 5) is 10.9. The molecule has 1 saturated heterocycles. The number of methoxy groups -OCH3 is 1. The van der Waals surface area contributed by atoms with Crippen molar-refractivity contribution in [2.24, 2.45) is 4.99 Å². The molecule has 1 unspecified atom stereocenters. The van der Waals surface area contributed by atoms with Crippen LogP contribution in [0.1, 0.15) is 18.9 Å². The molecule has 0 saturated carbocycles. The van der Waals surface area contributed by atoms with Gasteiger partial charge in [0.1, 0.15) is 5.75 Å². The van der Waals surface area contributed by atoms with E-state index in [0.717, 1.165) is 25.1 Å². The van der Waals surface area contributed by atoms with Crippen molar-refractivity contribution in [3.63, 3.8) is 0 Å². The van der Waals surface area contributed by atoms with E-state index in [1.54, 1.807) is 31.5 Å². The van der Waals surface area contributed by atoms with E-state index in [0.29, 0.717) is 30.6 Å². The number of nitrogens with zero attached hydrogens (tertiary/aromatic N) is 3. The minimum atomic E-state index is -2.85. The fourth-order valence-electron chi connectivity index (χ4n) is 3.42. The van der Waals surface area contributed by atoms with Gasteiger partial charge in [-0.25, -0.2) is 9.98 Å². The van der Waals surface area contributed by atoms with Crippen LogP contribution in [-0.4, -0.2) is 50.3 Å². The van der Waals surface area contributed by atoms with Crippen LogP contribution >= 0.6 is 0 Å². The zero-order valence-corrected chi connectivity index (χ0v) is 17.1. The molecule has 1 aromatic carbocycles. The molecule has 0 bridgehead atoms. The van der Waals surface area contributed by atoms with Gasteiger partial charge in [-0.2, -0.15) is 8.78 Å². The molecule has 0 amide bonds. The highest BCUT2D eigenvalue weighted by atomic mass is 19.3. The maximum absolute atomic E-state index is 12.7. The third kappa shape index (κ3) is 5.71. The van der Waals surface area contributed by atoms with Crippen molar-refractivity contribution in [3.05, 3.63) is 48.2 Å². The molecule has 1 atom stereocenters. The molecule has 1 aromatic heterocycles. The summed E-state index contributed by atoms with van der Waals surface area (Å²) in [5, 5.41) is 6.68. The molecule has 162 valence electrons. The average molecular weight is 419 g/mol. The van der Waals surface area contributed by atoms with Crippen LogP contribution in [0, 0.1) is 0 Å². The Kier molecular flexibility index (Phi) is 7.64. The van der Waals surface area contributed by atoms with Gasteiger partial charge in [0, 0.05) is 37.4 Å². The Balaban J connectivity index is 1.65. The normalized spacial score (nSPS) is 16.6. The Hall–Kier alpha value is -3.10. The molecule has 1 aliphatic heterocycles. The van der Waals surface area contributed by atoms with Gasteiger partial charge in [-0.3, -0.25) is 0 Å². The molecule has 1 fully saturated rings. The molecule has 0 aliphatic carbocycles. The minimum Gasteiger partial charge on any atom is -0.481 e. The van der Waals surface area contributed by atoms with E-state index in [1.807, 2.05) is 30.0 Å². The quantitative estimate of drug-likeness (QED) is 0.506. The van der Waals surface area contributed by atoms with Crippen LogP contribution in [0.3, 0.4) is 0 Å². The van der Waals surface area contributed by atoms with E-state index in [-0.39, 0.29) is 11.8 Å². The number of aromatic nitrogens is 1. The molecule has 0 radical (unpaired) electrons. The predicted octanol–water partition coefficient (Wildman–Crippen LogP) is 3.03. The highest BCUT2D eigenvalue weighted by molar-refractivity contribution is 5.80. The van der Waals surface area contributed by atoms with E-state index in [4.69, 9.17) is 4.74 Å². The zero-order valence-electron chi connectivity index (χ0n) is 17.1. The number of rotatable bonds is 8. The van der Waals surface area contributed by atoms with Crippen molar-refractivity contribution in [3.8, 4) is 11.6 Å². The molecule has 2 heterocycles. The summed E-state index contributed by atoms with van der Waals surface area (Å²) in [5.74, 6) is 1.43. The van der Waals surface area contributed by atoms with E-state index in [1.165, 1.54) is 0 Å². The lowest BCUT2D eigenvalue weighted by molar-refractivity contribution is -0.0495. The van der Waals surface area contributed by atoms with Gasteiger partial charge in [-0.1, -0.05) is 18.2 Å². The molecule has 1 aliphatic rings. The average Bonchev–Trinajstić information content (AvgIpc) is 3.20. The first-order valence-corrected chi connectivity index (χ1v) is 9.92. The summed E-state index contributed by atoms with van der Waals surface area (Å²) >= 11 is 0. The Morgan fingerprint density at radius 3 is 2.90 bits per heavy atom. The summed E-state index contributed by atoms with van der Waals surface area (Å²) in [6.45, 7) is 1.69. The summed E-state index contributed by atoms with van der Waals surface area (Å²) < 4.78 is 35.4. The fourth-order valence-corrected chi connectivity index (χ4v) is 3.42. The number of guanidine groups is 1. The number of hydrogen-bond acceptors (Lipinski definition) is 5. The SMILES string of the molecule is CCNC(=NCc1cccnc1OC)NC1CCN(c2ccccc2OC(F)F)C1. The van der Waals surface area contributed by atoms with Gasteiger partial charge in [-0.15, -0.1) is 0 Å². The lowest BCUT2D eigenvalue weighted by Gasteiger charge is -2.22. The highest BCUT2D eigenvalue weighted by Gasteiger charge is 2.26. The summed E-state index contributed by atoms with van der Waals surface area (Å²) in [7, 11) is 1.59. The van der Waals surface area contributed by atoms with Crippen molar-refractivity contribution >= 4 is 11.6 Å². The fraction of sp³-hybridized carbons (Fsp3) is 0.429. The van der Waals surface area contributed by atoms with Gasteiger partial charge in [0.2, 0.25) is 5.88 Å². The van der Waals surface area contributed by atoms with Crippen molar-refractivity contribution < 1.29 is 18.3 Å². The van der Waals surface area contributed by atoms with Gasteiger partial charge in [0.25, 0.3) is 0 Å². The summed E-state index contributed by atoms with van der Waals surface area (Å²) in [5.41, 5.74) is 1.56. The Bertz CT molecular complexity index is 850. The van der Waals surface area contributed by atoms with E-state index in [2.05, 4.69) is 25.3 Å². The molecule has 9 heteroatoms. The minimum absolute atomic E-state index is 0.123. The smallest absolute Gasteiger partial charge is 0.387 e. The molecule has 2 N–H and O–H groups in total. The van der Waals surface area contributed by atoms with Crippen LogP contribution in [0.25, 0.3) is 0 Å². The third-order valence-electron chi connectivity index (χ3n) is 4.75. The molecule has 3 rings (SSSR count). The first-order valence-electron chi connectivity index (χ1n) is 9.92. The van der Waals surface area contributed by atoms with Gasteiger partial charge in [-0.05, 0) is 31.5 Å². The van der Waals surface area contributed by atoms with Crippen molar-refractivity contribution in [2.75, 3.05) is 31.6 Å². The van der Waals surface area contributed by atoms with Crippen LogP contribution in [0.4, 0.5) is 14.5 Å². The Morgan fingerprint density at radius 2 is 2.13 bits per heavy atom. The number of nitrogens with one attached hydrogen (secondary N) is 2. The van der Waals surface area contributed by atoms with Gasteiger partial charge < -0.3 is 25.0 Å². The predicted molar refractivity (Wildman–Crippen MR) is 112 cm³/mol. The van der Waals surface area contributed by atoms with Gasteiger partial charge in [0.05, 0.1) is 19.3 Å². The van der Waals surface area contributed by atoms with Crippen LogP contribution < -0.4 is 25.0 Å². The van der Waals surface area contributed by atoms with E-state index < -0.39 is 6.61 Å². The number of alkyl halides is 2. The highest BCUT2D eigenvalue weighted by Crippen LogP contribution is 2.31. The Morgan fingerprint density at radius 1 is 1.30 bits per heavy atom. The number of anilines is 1. The second kappa shape index (κ2) is 10.6. The third-order valence-corrected chi connectivity index (χ3v) is 4.75. The van der Waals surface area contributed by atoms with E-state index in [9.17, 15) is 8.78 Å². The molecule has 2 aromatic rings. The van der Waals surface area contributed by atoms with Crippen molar-refractivity contribution in [2.45, 2.75) is 32.5 Å². The number of ether oxygens (including phenoxy) is 2. The number of aliphatic imine (C=N–C) groups is 1. The molecular formula is C21H27F2N5O2. The zero-order chi connectivity index (χ0) is 21.3. The van der Waals surface area contributed by atoms with Crippen LogP contribution in [0.5, 0.6) is 11.6 Å². The second-order valence-electron chi connectivity index (χ2n) is 6.79. The monoisotopic (exact) mass is 419 g/mol. The van der Waals surface area contributed by atoms with Gasteiger partial charge in [0.15, 0.2) is 5.96 Å². The molecule has 30 heavy (non-hydrogen) atoms. The maximum Gasteiger partial charge on any atom is 0.387 e. The van der Waals surface area contributed by atoms with Crippen LogP contribution in [0.2, 0.25) is 0 Å². The maximum atomic E-state index is 12.7. The number of pyridine rings is 1. The number of halogens is 2. The van der Waals surface area contributed by atoms with Crippen LogP contribution in [0.15, 0.2) is 47.6 Å². The Labute approximate surface area is 175 Å². The first kappa shape index (κ1) is 21.6. The van der Waals surface area contributed by atoms with Gasteiger partial charge >= 0.3 is 6.61 Å². The number of benzene rings is 1. The number of hydrogen-bond donors (Lipinski definition) is 2. The van der Waals surface area contributed by atoms with Crippen LogP contribution in [-0.2, 0) is 6.54 Å². The van der Waals surface area contributed by atoms with Crippen molar-refractivity contribution in [1.29, 1.82) is 0 Å². The summed E-state index contributed by atoms with van der Waals surface area (Å²) in [6, 6.07) is 10.8. The molecule has 7 nitrogen and oxygen atoms in total. The first-order chi connectivity index (χ1) is 14.6. The standard InChI is InChI=1S/C21H27F2N5O2/c1-3-24-21(26-13-15-7-6-11-25-19(15)29-2)27-16-10-12-28(14-16)17-8-4-5-9-18(17)30-20(22)23/h4-9,11,16,20H,3,10,12-14H2,1-2H3,(H2,24,26,27). The topological polar surface area (TPSA) is 71.0 Å².